The first kappa shape index (κ1) is 19.5. The van der Waals surface area contributed by atoms with Crippen LogP contribution in [-0.2, 0) is 6.61 Å². The third kappa shape index (κ3) is 3.58. The van der Waals surface area contributed by atoms with Crippen molar-refractivity contribution in [2.45, 2.75) is 6.61 Å². The van der Waals surface area contributed by atoms with Crippen LogP contribution in [0.4, 0.5) is 0 Å². The molecule has 3 aromatic carbocycles. The van der Waals surface area contributed by atoms with Crippen molar-refractivity contribution in [3.8, 4) is 40.1 Å². The summed E-state index contributed by atoms with van der Waals surface area (Å²) in [5.74, 6) is -1.97. The Morgan fingerprint density at radius 3 is 2.43 bits per heavy atom. The van der Waals surface area contributed by atoms with E-state index in [0.29, 0.717) is 5.02 Å². The van der Waals surface area contributed by atoms with Gasteiger partial charge in [-0.1, -0.05) is 23.7 Å². The van der Waals surface area contributed by atoms with Gasteiger partial charge in [0, 0.05) is 22.7 Å². The molecule has 30 heavy (non-hydrogen) atoms. The molecule has 0 amide bonds. The monoisotopic (exact) mass is 426 g/mol. The Morgan fingerprint density at radius 2 is 1.70 bits per heavy atom. The third-order valence-corrected chi connectivity index (χ3v) is 4.69. The maximum absolute atomic E-state index is 12.6. The second-order valence-electron chi connectivity index (χ2n) is 6.55. The molecule has 4 N–H and O–H groups in total. The summed E-state index contributed by atoms with van der Waals surface area (Å²) in [6, 6.07) is 13.4. The van der Waals surface area contributed by atoms with Gasteiger partial charge in [0.25, 0.3) is 0 Å². The van der Waals surface area contributed by atoms with Gasteiger partial charge in [0.1, 0.15) is 29.1 Å². The van der Waals surface area contributed by atoms with Crippen molar-refractivity contribution in [2.75, 3.05) is 0 Å². The van der Waals surface area contributed by atoms with E-state index in [-0.39, 0.29) is 40.4 Å². The summed E-state index contributed by atoms with van der Waals surface area (Å²) in [5, 5.41) is 40.1. The summed E-state index contributed by atoms with van der Waals surface area (Å²) in [7, 11) is 0. The van der Waals surface area contributed by atoms with E-state index in [9.17, 15) is 25.2 Å². The highest BCUT2D eigenvalue weighted by molar-refractivity contribution is 6.30. The van der Waals surface area contributed by atoms with Crippen LogP contribution in [0.5, 0.6) is 28.7 Å². The average molecular weight is 427 g/mol. The molecule has 0 unspecified atom stereocenters. The molecule has 4 rings (SSSR count). The van der Waals surface area contributed by atoms with Gasteiger partial charge in [-0.15, -0.1) is 0 Å². The van der Waals surface area contributed by atoms with Crippen molar-refractivity contribution >= 4 is 22.6 Å². The molecule has 4 aromatic rings. The van der Waals surface area contributed by atoms with E-state index >= 15 is 0 Å². The SMILES string of the molecule is O=c1c(O)c(-c2ccc(O)c(O)c2)oc2cc(OCc3cccc(Cl)c3)cc(O)c12. The molecular formula is C22H15ClO7. The Hall–Kier alpha value is -3.84. The van der Waals surface area contributed by atoms with Gasteiger partial charge >= 0.3 is 0 Å². The zero-order valence-electron chi connectivity index (χ0n) is 15.3. The number of aromatic hydroxyl groups is 4. The number of ether oxygens (including phenoxy) is 1. The lowest BCUT2D eigenvalue weighted by molar-refractivity contribution is 0.304. The zero-order valence-corrected chi connectivity index (χ0v) is 16.1. The summed E-state index contributed by atoms with van der Waals surface area (Å²) in [5.41, 5.74) is 0.0835. The molecule has 0 aliphatic heterocycles. The van der Waals surface area contributed by atoms with Crippen LogP contribution < -0.4 is 10.2 Å². The van der Waals surface area contributed by atoms with Gasteiger partial charge in [0.2, 0.25) is 11.2 Å². The van der Waals surface area contributed by atoms with E-state index in [4.69, 9.17) is 20.8 Å². The molecule has 0 spiro atoms. The lowest BCUT2D eigenvalue weighted by Crippen LogP contribution is -2.04. The van der Waals surface area contributed by atoms with Crippen molar-refractivity contribution in [3.63, 3.8) is 0 Å². The minimum Gasteiger partial charge on any atom is -0.507 e. The second-order valence-corrected chi connectivity index (χ2v) is 6.98. The highest BCUT2D eigenvalue weighted by Gasteiger charge is 2.20. The van der Waals surface area contributed by atoms with Crippen LogP contribution in [-0.4, -0.2) is 20.4 Å². The number of fused-ring (bicyclic) bond motifs is 1. The van der Waals surface area contributed by atoms with Gasteiger partial charge < -0.3 is 29.6 Å². The predicted octanol–water partition coefficient (Wildman–Crippen LogP) is 4.51. The lowest BCUT2D eigenvalue weighted by Gasteiger charge is -2.11. The summed E-state index contributed by atoms with van der Waals surface area (Å²) in [6.45, 7) is 0.159. The molecule has 0 bridgehead atoms. The number of phenolic OH excluding ortho intramolecular Hbond substituents is 3. The minimum atomic E-state index is -0.849. The molecule has 152 valence electrons. The topological polar surface area (TPSA) is 120 Å². The number of halogens is 1. The van der Waals surface area contributed by atoms with Crippen molar-refractivity contribution in [1.29, 1.82) is 0 Å². The van der Waals surface area contributed by atoms with E-state index in [0.717, 1.165) is 11.6 Å². The minimum absolute atomic E-state index is 0.0264. The molecule has 0 aliphatic carbocycles. The Labute approximate surface area is 174 Å². The van der Waals surface area contributed by atoms with E-state index < -0.39 is 22.7 Å². The maximum atomic E-state index is 12.6. The van der Waals surface area contributed by atoms with Crippen molar-refractivity contribution in [3.05, 3.63) is 75.4 Å². The fraction of sp³-hybridized carbons (Fsp3) is 0.0455. The summed E-state index contributed by atoms with van der Waals surface area (Å²) >= 11 is 5.96. The van der Waals surface area contributed by atoms with Crippen LogP contribution in [0.25, 0.3) is 22.3 Å². The molecule has 0 aliphatic rings. The van der Waals surface area contributed by atoms with Gasteiger partial charge in [0.05, 0.1) is 0 Å². The molecule has 8 heteroatoms. The van der Waals surface area contributed by atoms with Gasteiger partial charge in [-0.3, -0.25) is 4.79 Å². The summed E-state index contributed by atoms with van der Waals surface area (Å²) < 4.78 is 11.3. The first-order valence-corrected chi connectivity index (χ1v) is 9.13. The highest BCUT2D eigenvalue weighted by Crippen LogP contribution is 2.38. The van der Waals surface area contributed by atoms with Crippen LogP contribution in [0, 0.1) is 0 Å². The molecule has 0 atom stereocenters. The largest absolute Gasteiger partial charge is 0.507 e. The Morgan fingerprint density at radius 1 is 0.900 bits per heavy atom. The Bertz CT molecular complexity index is 1330. The smallest absolute Gasteiger partial charge is 0.238 e. The molecule has 0 saturated carbocycles. The summed E-state index contributed by atoms with van der Waals surface area (Å²) in [6.07, 6.45) is 0. The second kappa shape index (κ2) is 7.53. The average Bonchev–Trinajstić information content (AvgIpc) is 2.71. The van der Waals surface area contributed by atoms with Gasteiger partial charge in [-0.25, -0.2) is 0 Å². The number of phenols is 3. The molecule has 0 fully saturated rings. The van der Waals surface area contributed by atoms with E-state index in [1.807, 2.05) is 6.07 Å². The number of hydrogen-bond acceptors (Lipinski definition) is 7. The molecule has 1 heterocycles. The first-order chi connectivity index (χ1) is 14.3. The van der Waals surface area contributed by atoms with Gasteiger partial charge in [-0.2, -0.15) is 0 Å². The standard InChI is InChI=1S/C22H15ClO7/c23-13-3-1-2-11(6-13)10-29-14-8-17(26)19-18(9-14)30-22(21(28)20(19)27)12-4-5-15(24)16(25)7-12/h1-9,24-26,28H,10H2. The van der Waals surface area contributed by atoms with E-state index in [1.54, 1.807) is 18.2 Å². The van der Waals surface area contributed by atoms with E-state index in [1.165, 1.54) is 24.3 Å². The fourth-order valence-corrected chi connectivity index (χ4v) is 3.21. The first-order valence-electron chi connectivity index (χ1n) is 8.76. The van der Waals surface area contributed by atoms with Crippen LogP contribution in [0.2, 0.25) is 5.02 Å². The summed E-state index contributed by atoms with van der Waals surface area (Å²) in [4.78, 5) is 12.6. The predicted molar refractivity (Wildman–Crippen MR) is 110 cm³/mol. The van der Waals surface area contributed by atoms with Gasteiger partial charge in [-0.05, 0) is 35.9 Å². The Balaban J connectivity index is 1.78. The van der Waals surface area contributed by atoms with Crippen LogP contribution >= 0.6 is 11.6 Å². The fourth-order valence-electron chi connectivity index (χ4n) is 3.00. The zero-order chi connectivity index (χ0) is 21.4. The molecule has 0 radical (unpaired) electrons. The van der Waals surface area contributed by atoms with Crippen LogP contribution in [0.3, 0.4) is 0 Å². The number of benzene rings is 3. The maximum Gasteiger partial charge on any atom is 0.238 e. The molecular weight excluding hydrogens is 412 g/mol. The lowest BCUT2D eigenvalue weighted by atomic mass is 10.1. The molecule has 1 aromatic heterocycles. The van der Waals surface area contributed by atoms with Crippen LogP contribution in [0.15, 0.2) is 63.8 Å². The van der Waals surface area contributed by atoms with Gasteiger partial charge in [0.15, 0.2) is 17.3 Å². The van der Waals surface area contributed by atoms with E-state index in [2.05, 4.69) is 0 Å². The highest BCUT2D eigenvalue weighted by atomic mass is 35.5. The normalized spacial score (nSPS) is 11.0. The third-order valence-electron chi connectivity index (χ3n) is 4.46. The quantitative estimate of drug-likeness (QED) is 0.354. The molecule has 7 nitrogen and oxygen atoms in total. The Kier molecular flexibility index (Phi) is 4.89. The van der Waals surface area contributed by atoms with Crippen LogP contribution in [0.1, 0.15) is 5.56 Å². The van der Waals surface area contributed by atoms with Crippen molar-refractivity contribution in [1.82, 2.24) is 0 Å². The van der Waals surface area contributed by atoms with Crippen molar-refractivity contribution in [2.24, 2.45) is 0 Å². The number of rotatable bonds is 4. The molecule has 0 saturated heterocycles. The number of hydrogen-bond donors (Lipinski definition) is 4. The van der Waals surface area contributed by atoms with Crippen molar-refractivity contribution < 1.29 is 29.6 Å².